The summed E-state index contributed by atoms with van der Waals surface area (Å²) in [5, 5.41) is 4.33. The molecule has 0 atom stereocenters. The van der Waals surface area contributed by atoms with Crippen LogP contribution in [0.1, 0.15) is 81.8 Å². The van der Waals surface area contributed by atoms with Gasteiger partial charge in [-0.1, -0.05) is 18.9 Å². The lowest BCUT2D eigenvalue weighted by Gasteiger charge is -2.28. The van der Waals surface area contributed by atoms with Gasteiger partial charge in [0.2, 0.25) is 15.9 Å². The van der Waals surface area contributed by atoms with Gasteiger partial charge in [0.25, 0.3) is 0 Å². The third-order valence-electron chi connectivity index (χ3n) is 5.88. The minimum atomic E-state index is -3.17. The van der Waals surface area contributed by atoms with E-state index in [0.29, 0.717) is 24.5 Å². The van der Waals surface area contributed by atoms with Crippen LogP contribution < -0.4 is 9.88 Å². The molecular formula is C22H35N3O5S. The molecule has 2 aromatic rings. The summed E-state index contributed by atoms with van der Waals surface area (Å²) in [6.45, 7) is 0.410. The smallest absolute Gasteiger partial charge is 0.217 e. The molecule has 9 heteroatoms. The van der Waals surface area contributed by atoms with Crippen molar-refractivity contribution in [1.29, 1.82) is 0 Å². The number of nitrogens with two attached hydrogens (primary N) is 1. The fourth-order valence-electron chi connectivity index (χ4n) is 4.34. The minimum Gasteiger partial charge on any atom is -0.471 e. The predicted molar refractivity (Wildman–Crippen MR) is 119 cm³/mol. The van der Waals surface area contributed by atoms with Gasteiger partial charge in [-0.25, -0.2) is 23.5 Å². The number of aromatic nitrogens is 2. The largest absolute Gasteiger partial charge is 0.471 e. The normalized spacial score (nSPS) is 22.0. The van der Waals surface area contributed by atoms with Crippen molar-refractivity contribution in [1.82, 2.24) is 9.97 Å². The molecule has 0 aromatic carbocycles. The number of hydrogen-bond donors (Lipinski definition) is 1. The molecule has 0 spiro atoms. The minimum absolute atomic E-state index is 0. The van der Waals surface area contributed by atoms with Crippen LogP contribution >= 0.6 is 0 Å². The van der Waals surface area contributed by atoms with Crippen molar-refractivity contribution < 1.29 is 23.7 Å². The van der Waals surface area contributed by atoms with Crippen LogP contribution in [0.25, 0.3) is 0 Å². The van der Waals surface area contributed by atoms with Gasteiger partial charge in [0.1, 0.15) is 18.6 Å². The second-order valence-corrected chi connectivity index (χ2v) is 10.0. The van der Waals surface area contributed by atoms with Crippen molar-refractivity contribution in [2.24, 2.45) is 5.14 Å². The van der Waals surface area contributed by atoms with Gasteiger partial charge in [0.15, 0.2) is 5.89 Å². The SMILES string of the molecule is COC1CCC(c2cccnc2OCc2coc(C3CCCC3)n2)CC1.CS(N)(=O)=O.[HH]. The predicted octanol–water partition coefficient (Wildman–Crippen LogP) is 4.13. The van der Waals surface area contributed by atoms with Gasteiger partial charge < -0.3 is 13.9 Å². The maximum atomic E-state index is 9.41. The lowest BCUT2D eigenvalue weighted by Crippen LogP contribution is -2.19. The summed E-state index contributed by atoms with van der Waals surface area (Å²) < 4.78 is 36.0. The summed E-state index contributed by atoms with van der Waals surface area (Å²) in [5.74, 6) is 2.60. The Morgan fingerprint density at radius 2 is 1.84 bits per heavy atom. The first-order valence-electron chi connectivity index (χ1n) is 10.9. The van der Waals surface area contributed by atoms with Gasteiger partial charge in [0, 0.05) is 26.2 Å². The average molecular weight is 454 g/mol. The topological polar surface area (TPSA) is 118 Å². The molecule has 0 unspecified atom stereocenters. The van der Waals surface area contributed by atoms with Gasteiger partial charge in [-0.2, -0.15) is 0 Å². The molecule has 0 saturated heterocycles. The number of hydrogen-bond acceptors (Lipinski definition) is 7. The number of primary sulfonamides is 1. The average Bonchev–Trinajstić information content (AvgIpc) is 3.43. The van der Waals surface area contributed by atoms with Crippen LogP contribution in [0.5, 0.6) is 5.88 Å². The van der Waals surface area contributed by atoms with Crippen LogP contribution in [0.4, 0.5) is 0 Å². The van der Waals surface area contributed by atoms with Gasteiger partial charge in [0.05, 0.1) is 12.4 Å². The molecular weight excluding hydrogens is 418 g/mol. The van der Waals surface area contributed by atoms with Crippen LogP contribution in [-0.4, -0.2) is 37.9 Å². The fraction of sp³-hybridized carbons (Fsp3) is 0.636. The van der Waals surface area contributed by atoms with E-state index >= 15 is 0 Å². The summed E-state index contributed by atoms with van der Waals surface area (Å²) in [6.07, 6.45) is 14.3. The van der Waals surface area contributed by atoms with E-state index in [1.165, 1.54) is 31.2 Å². The van der Waals surface area contributed by atoms with Crippen molar-refractivity contribution in [2.75, 3.05) is 13.4 Å². The van der Waals surface area contributed by atoms with Gasteiger partial charge in [-0.15, -0.1) is 0 Å². The van der Waals surface area contributed by atoms with Gasteiger partial charge in [-0.05, 0) is 50.5 Å². The molecule has 0 aliphatic heterocycles. The monoisotopic (exact) mass is 453 g/mol. The summed E-state index contributed by atoms with van der Waals surface area (Å²) in [7, 11) is -1.36. The lowest BCUT2D eigenvalue weighted by atomic mass is 9.83. The third-order valence-corrected chi connectivity index (χ3v) is 5.88. The van der Waals surface area contributed by atoms with Crippen molar-refractivity contribution in [3.8, 4) is 5.88 Å². The molecule has 174 valence electrons. The number of methoxy groups -OCH3 is 1. The lowest BCUT2D eigenvalue weighted by molar-refractivity contribution is 0.0654. The first-order valence-corrected chi connectivity index (χ1v) is 12.8. The van der Waals surface area contributed by atoms with E-state index in [1.807, 2.05) is 6.07 Å². The second-order valence-electron chi connectivity index (χ2n) is 8.38. The highest BCUT2D eigenvalue weighted by Gasteiger charge is 2.25. The highest BCUT2D eigenvalue weighted by Crippen LogP contribution is 2.37. The maximum absolute atomic E-state index is 9.41. The maximum Gasteiger partial charge on any atom is 0.217 e. The zero-order valence-electron chi connectivity index (χ0n) is 18.3. The summed E-state index contributed by atoms with van der Waals surface area (Å²) in [4.78, 5) is 9.12. The Hall–Kier alpha value is -1.97. The van der Waals surface area contributed by atoms with E-state index < -0.39 is 10.0 Å². The highest BCUT2D eigenvalue weighted by atomic mass is 32.2. The van der Waals surface area contributed by atoms with Crippen molar-refractivity contribution in [2.45, 2.75) is 75.9 Å². The molecule has 31 heavy (non-hydrogen) atoms. The zero-order chi connectivity index (χ0) is 22.3. The Balaban J connectivity index is 0.000000548. The molecule has 4 rings (SSSR count). The first kappa shape index (κ1) is 23.7. The quantitative estimate of drug-likeness (QED) is 0.698. The van der Waals surface area contributed by atoms with Crippen LogP contribution in [-0.2, 0) is 21.4 Å². The molecule has 0 radical (unpaired) electrons. The van der Waals surface area contributed by atoms with E-state index in [2.05, 4.69) is 21.2 Å². The van der Waals surface area contributed by atoms with Crippen molar-refractivity contribution in [3.05, 3.63) is 41.7 Å². The first-order chi connectivity index (χ1) is 14.8. The van der Waals surface area contributed by atoms with Crippen LogP contribution in [0, 0.1) is 0 Å². The molecule has 0 bridgehead atoms. The fourth-order valence-corrected chi connectivity index (χ4v) is 4.34. The number of rotatable bonds is 6. The number of pyridine rings is 1. The third kappa shape index (κ3) is 7.59. The van der Waals surface area contributed by atoms with Gasteiger partial charge in [-0.3, -0.25) is 0 Å². The number of oxazole rings is 1. The van der Waals surface area contributed by atoms with Crippen molar-refractivity contribution in [3.63, 3.8) is 0 Å². The van der Waals surface area contributed by atoms with E-state index in [0.717, 1.165) is 49.4 Å². The summed E-state index contributed by atoms with van der Waals surface area (Å²) >= 11 is 0. The Bertz CT molecular complexity index is 915. The molecule has 8 nitrogen and oxygen atoms in total. The molecule has 2 aliphatic carbocycles. The highest BCUT2D eigenvalue weighted by molar-refractivity contribution is 7.88. The molecule has 0 amide bonds. The van der Waals surface area contributed by atoms with Gasteiger partial charge >= 0.3 is 0 Å². The molecule has 2 heterocycles. The molecule has 2 fully saturated rings. The summed E-state index contributed by atoms with van der Waals surface area (Å²) in [5.41, 5.74) is 2.06. The Labute approximate surface area is 186 Å². The second kappa shape index (κ2) is 11.1. The van der Waals surface area contributed by atoms with E-state index in [1.54, 1.807) is 19.6 Å². The standard InChI is InChI=1S/C21H28N2O3.CH5NO2S.H2/c1-24-18-10-8-15(9-11-18)19-7-4-12-22-21(19)26-14-17-13-25-20(23-17)16-5-2-3-6-16;1-5(2,3)4;/h4,7,12-13,15-16,18H,2-3,5-6,8-11,14H2,1H3;1H3,(H2,2,3,4);1H. The number of sulfonamides is 1. The van der Waals surface area contributed by atoms with Crippen molar-refractivity contribution >= 4 is 10.0 Å². The number of nitrogens with zero attached hydrogens (tertiary/aromatic N) is 2. The molecule has 2 saturated carbocycles. The van der Waals surface area contributed by atoms with Crippen LogP contribution in [0.15, 0.2) is 29.0 Å². The Morgan fingerprint density at radius 1 is 1.16 bits per heavy atom. The Kier molecular flexibility index (Phi) is 8.45. The van der Waals surface area contributed by atoms with E-state index in [9.17, 15) is 8.42 Å². The van der Waals surface area contributed by atoms with Crippen LogP contribution in [0.2, 0.25) is 0 Å². The van der Waals surface area contributed by atoms with Crippen LogP contribution in [0.3, 0.4) is 0 Å². The Morgan fingerprint density at radius 3 is 2.48 bits per heavy atom. The molecule has 2 aliphatic rings. The van der Waals surface area contributed by atoms with E-state index in [4.69, 9.17) is 13.9 Å². The van der Waals surface area contributed by atoms with E-state index in [-0.39, 0.29) is 1.43 Å². The summed E-state index contributed by atoms with van der Waals surface area (Å²) in [6, 6.07) is 4.14. The molecule has 2 N–H and O–H groups in total. The number of ether oxygens (including phenoxy) is 2. The molecule has 2 aromatic heterocycles. The zero-order valence-corrected chi connectivity index (χ0v) is 19.1.